The molecule has 0 bridgehead atoms. The fourth-order valence-corrected chi connectivity index (χ4v) is 1.95. The van der Waals surface area contributed by atoms with Gasteiger partial charge in [-0.2, -0.15) is 0 Å². The van der Waals surface area contributed by atoms with Crippen LogP contribution in [0.4, 0.5) is 0 Å². The first-order valence-corrected chi connectivity index (χ1v) is 6.18. The Bertz CT molecular complexity index is 425. The molecular formula is C10H11Br2NO4. The van der Waals surface area contributed by atoms with Gasteiger partial charge in [0.2, 0.25) is 0 Å². The summed E-state index contributed by atoms with van der Waals surface area (Å²) in [4.78, 5) is 10.5. The van der Waals surface area contributed by atoms with Crippen molar-refractivity contribution in [2.75, 3.05) is 13.7 Å². The van der Waals surface area contributed by atoms with Crippen LogP contribution in [0, 0.1) is 0 Å². The molecule has 0 aliphatic heterocycles. The smallest absolute Gasteiger partial charge is 0.324 e. The van der Waals surface area contributed by atoms with Gasteiger partial charge in [0.15, 0.2) is 0 Å². The molecule has 94 valence electrons. The van der Waals surface area contributed by atoms with Crippen LogP contribution in [0.3, 0.4) is 0 Å². The monoisotopic (exact) mass is 367 g/mol. The molecule has 3 N–H and O–H groups in total. The van der Waals surface area contributed by atoms with Gasteiger partial charge in [-0.25, -0.2) is 0 Å². The summed E-state index contributed by atoms with van der Waals surface area (Å²) in [6, 6.07) is 2.34. The first-order chi connectivity index (χ1) is 7.95. The maximum atomic E-state index is 10.5. The van der Waals surface area contributed by atoms with Gasteiger partial charge < -0.3 is 20.3 Å². The van der Waals surface area contributed by atoms with E-state index in [0.29, 0.717) is 20.4 Å². The van der Waals surface area contributed by atoms with Crippen molar-refractivity contribution in [1.29, 1.82) is 0 Å². The Balaban J connectivity index is 2.78. The maximum absolute atomic E-state index is 10.5. The van der Waals surface area contributed by atoms with Crippen molar-refractivity contribution in [3.05, 3.63) is 21.1 Å². The quantitative estimate of drug-likeness (QED) is 0.830. The van der Waals surface area contributed by atoms with E-state index in [4.69, 9.17) is 20.3 Å². The summed E-state index contributed by atoms with van der Waals surface area (Å²) < 4.78 is 11.8. The van der Waals surface area contributed by atoms with Crippen molar-refractivity contribution in [2.24, 2.45) is 5.73 Å². The second-order valence-electron chi connectivity index (χ2n) is 3.17. The summed E-state index contributed by atoms with van der Waals surface area (Å²) in [7, 11) is 1.55. The number of hydrogen-bond acceptors (Lipinski definition) is 4. The summed E-state index contributed by atoms with van der Waals surface area (Å²) in [5, 5.41) is 8.62. The highest BCUT2D eigenvalue weighted by Crippen LogP contribution is 2.35. The van der Waals surface area contributed by atoms with E-state index in [-0.39, 0.29) is 6.61 Å². The van der Waals surface area contributed by atoms with Crippen molar-refractivity contribution in [3.8, 4) is 11.5 Å². The second kappa shape index (κ2) is 6.23. The molecule has 0 aromatic heterocycles. The summed E-state index contributed by atoms with van der Waals surface area (Å²) in [6.07, 6.45) is 0. The van der Waals surface area contributed by atoms with Gasteiger partial charge in [0.25, 0.3) is 0 Å². The van der Waals surface area contributed by atoms with E-state index in [1.54, 1.807) is 19.2 Å². The minimum atomic E-state index is -1.10. The van der Waals surface area contributed by atoms with E-state index in [1.165, 1.54) is 0 Å². The number of hydrogen-bond donors (Lipinski definition) is 2. The number of carboxylic acid groups (broad SMARTS) is 1. The molecule has 0 amide bonds. The number of methoxy groups -OCH3 is 1. The van der Waals surface area contributed by atoms with Crippen molar-refractivity contribution in [3.63, 3.8) is 0 Å². The van der Waals surface area contributed by atoms with Crippen LogP contribution in [0.25, 0.3) is 0 Å². The summed E-state index contributed by atoms with van der Waals surface area (Å²) in [5.74, 6) is 0.0369. The van der Waals surface area contributed by atoms with Crippen molar-refractivity contribution >= 4 is 37.8 Å². The molecule has 0 heterocycles. The standard InChI is InChI=1S/C10H11Br2NO4/c1-16-8-2-6(12)9(3-5(8)11)17-4-7(13)10(14)15/h2-3,7H,4,13H2,1H3,(H,14,15). The third-order valence-corrected chi connectivity index (χ3v) is 3.18. The van der Waals surface area contributed by atoms with E-state index in [9.17, 15) is 4.79 Å². The normalized spacial score (nSPS) is 12.0. The third-order valence-electron chi connectivity index (χ3n) is 1.94. The van der Waals surface area contributed by atoms with Gasteiger partial charge >= 0.3 is 5.97 Å². The molecule has 1 aromatic carbocycles. The molecule has 0 aliphatic carbocycles. The second-order valence-corrected chi connectivity index (χ2v) is 4.88. The molecule has 17 heavy (non-hydrogen) atoms. The average Bonchev–Trinajstić information content (AvgIpc) is 2.29. The van der Waals surface area contributed by atoms with Gasteiger partial charge in [-0.3, -0.25) is 4.79 Å². The Hall–Kier alpha value is -0.790. The highest BCUT2D eigenvalue weighted by atomic mass is 79.9. The van der Waals surface area contributed by atoms with Crippen LogP contribution in [0.2, 0.25) is 0 Å². The Morgan fingerprint density at radius 1 is 1.41 bits per heavy atom. The number of aliphatic carboxylic acids is 1. The molecular weight excluding hydrogens is 358 g/mol. The summed E-state index contributed by atoms with van der Waals surface area (Å²) in [5.41, 5.74) is 5.33. The number of carbonyl (C=O) groups is 1. The first kappa shape index (κ1) is 14.3. The van der Waals surface area contributed by atoms with Crippen LogP contribution >= 0.6 is 31.9 Å². The third kappa shape index (κ3) is 3.86. The molecule has 1 rings (SSSR count). The van der Waals surface area contributed by atoms with Crippen molar-refractivity contribution < 1.29 is 19.4 Å². The Kier molecular flexibility index (Phi) is 5.23. The lowest BCUT2D eigenvalue weighted by molar-refractivity contribution is -0.139. The zero-order valence-corrected chi connectivity index (χ0v) is 12.1. The lowest BCUT2D eigenvalue weighted by Gasteiger charge is -2.12. The lowest BCUT2D eigenvalue weighted by Crippen LogP contribution is -2.36. The zero-order chi connectivity index (χ0) is 13.0. The van der Waals surface area contributed by atoms with Gasteiger partial charge in [0, 0.05) is 0 Å². The van der Waals surface area contributed by atoms with Crippen molar-refractivity contribution in [1.82, 2.24) is 0 Å². The largest absolute Gasteiger partial charge is 0.496 e. The predicted molar refractivity (Wildman–Crippen MR) is 69.5 cm³/mol. The van der Waals surface area contributed by atoms with Gasteiger partial charge in [0.05, 0.1) is 16.1 Å². The van der Waals surface area contributed by atoms with Crippen LogP contribution in [0.5, 0.6) is 11.5 Å². The SMILES string of the molecule is COc1cc(Br)c(OCC(N)C(=O)O)cc1Br. The minimum absolute atomic E-state index is 0.104. The van der Waals surface area contributed by atoms with Crippen LogP contribution < -0.4 is 15.2 Å². The van der Waals surface area contributed by atoms with E-state index in [1.807, 2.05) is 0 Å². The molecule has 0 saturated carbocycles. The molecule has 1 unspecified atom stereocenters. The molecule has 0 aliphatic rings. The van der Waals surface area contributed by atoms with E-state index >= 15 is 0 Å². The molecule has 0 saturated heterocycles. The highest BCUT2D eigenvalue weighted by Gasteiger charge is 2.14. The number of nitrogens with two attached hydrogens (primary N) is 1. The van der Waals surface area contributed by atoms with E-state index in [0.717, 1.165) is 0 Å². The van der Waals surface area contributed by atoms with Gasteiger partial charge in [-0.15, -0.1) is 0 Å². The molecule has 7 heteroatoms. The highest BCUT2D eigenvalue weighted by molar-refractivity contribution is 9.11. The number of rotatable bonds is 5. The fourth-order valence-electron chi connectivity index (χ4n) is 1.03. The minimum Gasteiger partial charge on any atom is -0.496 e. The summed E-state index contributed by atoms with van der Waals surface area (Å²) in [6.45, 7) is -0.104. The number of carboxylic acids is 1. The van der Waals surface area contributed by atoms with Crippen molar-refractivity contribution in [2.45, 2.75) is 6.04 Å². The molecule has 1 atom stereocenters. The Labute approximate surface area is 115 Å². The number of benzene rings is 1. The van der Waals surface area contributed by atoms with Crippen LogP contribution in [0.15, 0.2) is 21.1 Å². The van der Waals surface area contributed by atoms with Crippen LogP contribution in [0.1, 0.15) is 0 Å². The molecule has 5 nitrogen and oxygen atoms in total. The van der Waals surface area contributed by atoms with Crippen LogP contribution in [-0.4, -0.2) is 30.8 Å². The fraction of sp³-hybridized carbons (Fsp3) is 0.300. The number of halogens is 2. The predicted octanol–water partition coefficient (Wildman–Crippen LogP) is 2.01. The summed E-state index contributed by atoms with van der Waals surface area (Å²) >= 11 is 6.60. The molecule has 1 aromatic rings. The number of ether oxygens (including phenoxy) is 2. The first-order valence-electron chi connectivity index (χ1n) is 4.60. The lowest BCUT2D eigenvalue weighted by atomic mass is 10.3. The van der Waals surface area contributed by atoms with Gasteiger partial charge in [-0.05, 0) is 44.0 Å². The van der Waals surface area contributed by atoms with Gasteiger partial charge in [-0.1, -0.05) is 0 Å². The van der Waals surface area contributed by atoms with Gasteiger partial charge in [0.1, 0.15) is 24.1 Å². The Morgan fingerprint density at radius 2 is 1.94 bits per heavy atom. The van der Waals surface area contributed by atoms with Crippen LogP contribution in [-0.2, 0) is 4.79 Å². The maximum Gasteiger partial charge on any atom is 0.324 e. The topological polar surface area (TPSA) is 81.8 Å². The van der Waals surface area contributed by atoms with E-state index < -0.39 is 12.0 Å². The van der Waals surface area contributed by atoms with E-state index in [2.05, 4.69) is 31.9 Å². The molecule has 0 radical (unpaired) electrons. The Morgan fingerprint density at radius 3 is 2.47 bits per heavy atom. The zero-order valence-electron chi connectivity index (χ0n) is 8.94. The molecule has 0 spiro atoms. The molecule has 0 fully saturated rings. The average molecular weight is 369 g/mol.